The molecule has 1 aromatic rings. The zero-order chi connectivity index (χ0) is 10.8. The number of aryl methyl sites for hydroxylation is 1. The number of amidine groups is 1. The summed E-state index contributed by atoms with van der Waals surface area (Å²) in [7, 11) is 0. The average Bonchev–Trinajstić information content (AvgIpc) is 2.86. The lowest BCUT2D eigenvalue weighted by Crippen LogP contribution is -2.17. The number of nitrogen functional groups attached to an aromatic ring is 1. The molecule has 1 aliphatic rings. The molecule has 0 radical (unpaired) electrons. The van der Waals surface area contributed by atoms with E-state index < -0.39 is 0 Å². The van der Waals surface area contributed by atoms with Crippen molar-refractivity contribution in [3.63, 3.8) is 0 Å². The summed E-state index contributed by atoms with van der Waals surface area (Å²) in [6.45, 7) is 4.23. The molecule has 0 aromatic carbocycles. The summed E-state index contributed by atoms with van der Waals surface area (Å²) < 4.78 is 0. The number of hydrogen-bond acceptors (Lipinski definition) is 4. The maximum absolute atomic E-state index is 7.49. The van der Waals surface area contributed by atoms with Crippen molar-refractivity contribution >= 4 is 22.3 Å². The Morgan fingerprint density at radius 3 is 2.67 bits per heavy atom. The lowest BCUT2D eigenvalue weighted by Gasteiger charge is -2.12. The minimum Gasteiger partial charge on any atom is -0.383 e. The SMILES string of the molecule is CCc1nc(N2CCCC2)sc1C(=N)N. The Hall–Kier alpha value is -1.10. The molecule has 1 fully saturated rings. The normalized spacial score (nSPS) is 15.9. The van der Waals surface area contributed by atoms with E-state index >= 15 is 0 Å². The third-order valence-corrected chi connectivity index (χ3v) is 3.83. The monoisotopic (exact) mass is 224 g/mol. The number of nitrogens with one attached hydrogen (secondary N) is 1. The second kappa shape index (κ2) is 4.18. The molecule has 0 amide bonds. The van der Waals surface area contributed by atoms with Crippen molar-refractivity contribution < 1.29 is 0 Å². The van der Waals surface area contributed by atoms with Gasteiger partial charge in [-0.3, -0.25) is 5.41 Å². The van der Waals surface area contributed by atoms with Crippen LogP contribution in [0.3, 0.4) is 0 Å². The molecular formula is C10H16N4S. The van der Waals surface area contributed by atoms with Crippen LogP contribution in [0.5, 0.6) is 0 Å². The smallest absolute Gasteiger partial charge is 0.186 e. The minimum absolute atomic E-state index is 0.148. The van der Waals surface area contributed by atoms with Crippen LogP contribution in [0.4, 0.5) is 5.13 Å². The topological polar surface area (TPSA) is 66.0 Å². The van der Waals surface area contributed by atoms with Crippen LogP contribution in [0.1, 0.15) is 30.3 Å². The third kappa shape index (κ3) is 1.97. The van der Waals surface area contributed by atoms with Crippen LogP contribution in [0.2, 0.25) is 0 Å². The van der Waals surface area contributed by atoms with Crippen LogP contribution in [0, 0.1) is 5.41 Å². The van der Waals surface area contributed by atoms with Crippen LogP contribution in [0.25, 0.3) is 0 Å². The Morgan fingerprint density at radius 2 is 2.20 bits per heavy atom. The van der Waals surface area contributed by atoms with Crippen molar-refractivity contribution in [2.24, 2.45) is 5.73 Å². The molecule has 1 aromatic heterocycles. The van der Waals surface area contributed by atoms with Gasteiger partial charge in [0.25, 0.3) is 0 Å². The van der Waals surface area contributed by atoms with Gasteiger partial charge in [-0.05, 0) is 19.3 Å². The molecule has 0 atom stereocenters. The highest BCUT2D eigenvalue weighted by Gasteiger charge is 2.19. The van der Waals surface area contributed by atoms with E-state index in [9.17, 15) is 0 Å². The number of anilines is 1. The zero-order valence-corrected chi connectivity index (χ0v) is 9.73. The molecule has 4 nitrogen and oxygen atoms in total. The van der Waals surface area contributed by atoms with Crippen LogP contribution in [-0.2, 0) is 6.42 Å². The van der Waals surface area contributed by atoms with Gasteiger partial charge in [0.15, 0.2) is 5.13 Å². The second-order valence-corrected chi connectivity index (χ2v) is 4.71. The van der Waals surface area contributed by atoms with Crippen molar-refractivity contribution in [3.8, 4) is 0 Å². The first-order valence-electron chi connectivity index (χ1n) is 5.31. The minimum atomic E-state index is 0.148. The van der Waals surface area contributed by atoms with Crippen molar-refractivity contribution in [2.75, 3.05) is 18.0 Å². The quantitative estimate of drug-likeness (QED) is 0.605. The summed E-state index contributed by atoms with van der Waals surface area (Å²) in [6.07, 6.45) is 3.34. The molecule has 0 unspecified atom stereocenters. The number of nitrogens with zero attached hydrogens (tertiary/aromatic N) is 2. The first-order valence-corrected chi connectivity index (χ1v) is 6.13. The molecule has 0 saturated carbocycles. The average molecular weight is 224 g/mol. The Balaban J connectivity index is 2.29. The van der Waals surface area contributed by atoms with Gasteiger partial charge in [0.05, 0.1) is 10.6 Å². The van der Waals surface area contributed by atoms with E-state index in [0.717, 1.165) is 35.2 Å². The van der Waals surface area contributed by atoms with Crippen LogP contribution in [-0.4, -0.2) is 23.9 Å². The fourth-order valence-electron chi connectivity index (χ4n) is 1.83. The van der Waals surface area contributed by atoms with Gasteiger partial charge < -0.3 is 10.6 Å². The number of hydrogen-bond donors (Lipinski definition) is 2. The van der Waals surface area contributed by atoms with Gasteiger partial charge in [0.2, 0.25) is 0 Å². The van der Waals surface area contributed by atoms with E-state index in [1.807, 2.05) is 0 Å². The number of thiazole rings is 1. The summed E-state index contributed by atoms with van der Waals surface area (Å²) in [6, 6.07) is 0. The summed E-state index contributed by atoms with van der Waals surface area (Å²) in [5, 5.41) is 8.53. The molecule has 0 spiro atoms. The Bertz CT molecular complexity index is 365. The number of aromatic nitrogens is 1. The summed E-state index contributed by atoms with van der Waals surface area (Å²) in [4.78, 5) is 7.69. The van der Waals surface area contributed by atoms with Gasteiger partial charge in [0.1, 0.15) is 5.84 Å². The van der Waals surface area contributed by atoms with E-state index in [1.165, 1.54) is 12.8 Å². The first kappa shape index (κ1) is 10.4. The van der Waals surface area contributed by atoms with Crippen molar-refractivity contribution in [2.45, 2.75) is 26.2 Å². The van der Waals surface area contributed by atoms with E-state index in [2.05, 4.69) is 16.8 Å². The van der Waals surface area contributed by atoms with E-state index in [0.29, 0.717) is 0 Å². The van der Waals surface area contributed by atoms with Gasteiger partial charge >= 0.3 is 0 Å². The molecule has 5 heteroatoms. The van der Waals surface area contributed by atoms with Gasteiger partial charge in [-0.25, -0.2) is 4.98 Å². The zero-order valence-electron chi connectivity index (χ0n) is 8.92. The maximum Gasteiger partial charge on any atom is 0.186 e. The second-order valence-electron chi connectivity index (χ2n) is 3.73. The lowest BCUT2D eigenvalue weighted by molar-refractivity contribution is 0.940. The van der Waals surface area contributed by atoms with E-state index in [1.54, 1.807) is 11.3 Å². The van der Waals surface area contributed by atoms with Crippen molar-refractivity contribution in [1.29, 1.82) is 5.41 Å². The van der Waals surface area contributed by atoms with Gasteiger partial charge in [-0.2, -0.15) is 0 Å². The molecular weight excluding hydrogens is 208 g/mol. The predicted octanol–water partition coefficient (Wildman–Crippen LogP) is 1.59. The molecule has 1 aliphatic heterocycles. The molecule has 2 heterocycles. The maximum atomic E-state index is 7.49. The molecule has 15 heavy (non-hydrogen) atoms. The van der Waals surface area contributed by atoms with Gasteiger partial charge in [-0.1, -0.05) is 18.3 Å². The molecule has 0 aliphatic carbocycles. The van der Waals surface area contributed by atoms with Crippen LogP contribution in [0.15, 0.2) is 0 Å². The molecule has 3 N–H and O–H groups in total. The molecule has 0 bridgehead atoms. The van der Waals surface area contributed by atoms with E-state index in [-0.39, 0.29) is 5.84 Å². The van der Waals surface area contributed by atoms with Crippen LogP contribution >= 0.6 is 11.3 Å². The highest BCUT2D eigenvalue weighted by atomic mass is 32.1. The number of rotatable bonds is 3. The number of nitrogens with two attached hydrogens (primary N) is 1. The Labute approximate surface area is 93.6 Å². The van der Waals surface area contributed by atoms with Crippen molar-refractivity contribution in [3.05, 3.63) is 10.6 Å². The summed E-state index contributed by atoms with van der Waals surface area (Å²) in [5.74, 6) is 0.148. The summed E-state index contributed by atoms with van der Waals surface area (Å²) in [5.41, 5.74) is 6.50. The fourth-order valence-corrected chi connectivity index (χ4v) is 2.90. The van der Waals surface area contributed by atoms with Crippen LogP contribution < -0.4 is 10.6 Å². The highest BCUT2D eigenvalue weighted by molar-refractivity contribution is 7.17. The third-order valence-electron chi connectivity index (χ3n) is 2.64. The predicted molar refractivity (Wildman–Crippen MR) is 64.0 cm³/mol. The Kier molecular flexibility index (Phi) is 2.90. The highest BCUT2D eigenvalue weighted by Crippen LogP contribution is 2.28. The molecule has 82 valence electrons. The largest absolute Gasteiger partial charge is 0.383 e. The lowest BCUT2D eigenvalue weighted by atomic mass is 10.3. The van der Waals surface area contributed by atoms with Gasteiger partial charge in [-0.15, -0.1) is 0 Å². The molecule has 1 saturated heterocycles. The first-order chi connectivity index (χ1) is 7.22. The standard InChI is InChI=1S/C10H16N4S/c1-2-7-8(9(11)12)15-10(13-7)14-5-3-4-6-14/h2-6H2,1H3,(H3,11,12). The van der Waals surface area contributed by atoms with Crippen molar-refractivity contribution in [1.82, 2.24) is 4.98 Å². The fraction of sp³-hybridized carbons (Fsp3) is 0.600. The summed E-state index contributed by atoms with van der Waals surface area (Å²) >= 11 is 1.55. The van der Waals surface area contributed by atoms with E-state index in [4.69, 9.17) is 11.1 Å². The van der Waals surface area contributed by atoms with Gasteiger partial charge in [0, 0.05) is 13.1 Å². The molecule has 2 rings (SSSR count). The Morgan fingerprint density at radius 1 is 1.53 bits per heavy atom.